The maximum atomic E-state index is 4.90. The monoisotopic (exact) mass is 341 g/mol. The molecule has 0 radical (unpaired) electrons. The van der Waals surface area contributed by atoms with Crippen LogP contribution in [0.5, 0.6) is 0 Å². The van der Waals surface area contributed by atoms with E-state index in [0.29, 0.717) is 0 Å². The third-order valence-corrected chi connectivity index (χ3v) is 4.37. The van der Waals surface area contributed by atoms with E-state index in [-0.39, 0.29) is 6.04 Å². The van der Waals surface area contributed by atoms with E-state index in [9.17, 15) is 0 Å². The second-order valence-electron chi connectivity index (χ2n) is 6.55. The zero-order chi connectivity index (χ0) is 18.2. The highest BCUT2D eigenvalue weighted by Gasteiger charge is 2.15. The second-order valence-corrected chi connectivity index (χ2v) is 6.55. The van der Waals surface area contributed by atoms with Crippen LogP contribution in [0.3, 0.4) is 0 Å². The summed E-state index contributed by atoms with van der Waals surface area (Å²) in [5.74, 6) is 0.937. The molecule has 1 aromatic heterocycles. The Morgan fingerprint density at radius 1 is 1.12 bits per heavy atom. The summed E-state index contributed by atoms with van der Waals surface area (Å²) < 4.78 is 2.15. The maximum absolute atomic E-state index is 4.90. The zero-order valence-electron chi connectivity index (χ0n) is 16.1. The lowest BCUT2D eigenvalue weighted by Gasteiger charge is -2.26. The number of rotatable bonds is 7. The summed E-state index contributed by atoms with van der Waals surface area (Å²) in [5.41, 5.74) is 2.55. The van der Waals surface area contributed by atoms with Crippen LogP contribution in [0.1, 0.15) is 24.2 Å². The van der Waals surface area contributed by atoms with Crippen molar-refractivity contribution in [2.24, 2.45) is 12.0 Å². The Morgan fingerprint density at radius 2 is 1.84 bits per heavy atom. The highest BCUT2D eigenvalue weighted by molar-refractivity contribution is 5.79. The van der Waals surface area contributed by atoms with Crippen LogP contribution in [0.2, 0.25) is 0 Å². The summed E-state index contributed by atoms with van der Waals surface area (Å²) in [4.78, 5) is 9.30. The van der Waals surface area contributed by atoms with Gasteiger partial charge in [-0.15, -0.1) is 0 Å². The molecule has 2 rings (SSSR count). The van der Waals surface area contributed by atoms with Crippen LogP contribution in [0.25, 0.3) is 0 Å². The molecular formula is C20H31N5. The van der Waals surface area contributed by atoms with Crippen molar-refractivity contribution in [2.75, 3.05) is 34.2 Å². The molecule has 1 atom stereocenters. The number of guanidine groups is 1. The van der Waals surface area contributed by atoms with Crippen molar-refractivity contribution >= 4 is 5.96 Å². The highest BCUT2D eigenvalue weighted by atomic mass is 15.3. The van der Waals surface area contributed by atoms with E-state index in [1.165, 1.54) is 11.3 Å². The average Bonchev–Trinajstić information content (AvgIpc) is 2.99. The molecule has 0 aliphatic heterocycles. The first kappa shape index (κ1) is 19.1. The van der Waals surface area contributed by atoms with Gasteiger partial charge in [0.15, 0.2) is 5.96 Å². The van der Waals surface area contributed by atoms with Gasteiger partial charge in [-0.1, -0.05) is 30.3 Å². The number of benzene rings is 1. The van der Waals surface area contributed by atoms with Crippen LogP contribution >= 0.6 is 0 Å². The molecule has 0 saturated heterocycles. The lowest BCUT2D eigenvalue weighted by atomic mass is 10.1. The van der Waals surface area contributed by atoms with Crippen molar-refractivity contribution in [1.29, 1.82) is 0 Å². The first-order chi connectivity index (χ1) is 12.0. The van der Waals surface area contributed by atoms with E-state index < -0.39 is 0 Å². The van der Waals surface area contributed by atoms with Gasteiger partial charge in [-0.2, -0.15) is 0 Å². The van der Waals surface area contributed by atoms with E-state index in [1.54, 1.807) is 0 Å². The number of likely N-dealkylation sites (N-methyl/N-ethyl adjacent to an activating group) is 1. The van der Waals surface area contributed by atoms with Crippen LogP contribution in [0.4, 0.5) is 0 Å². The maximum Gasteiger partial charge on any atom is 0.194 e. The average molecular weight is 342 g/mol. The van der Waals surface area contributed by atoms with Crippen molar-refractivity contribution < 1.29 is 0 Å². The Balaban J connectivity index is 2.13. The van der Waals surface area contributed by atoms with Gasteiger partial charge < -0.3 is 19.7 Å². The van der Waals surface area contributed by atoms with Gasteiger partial charge in [0.25, 0.3) is 0 Å². The number of aliphatic imine (C=N–C) groups is 1. The predicted octanol–water partition coefficient (Wildman–Crippen LogP) is 2.73. The fraction of sp³-hybridized carbons (Fsp3) is 0.450. The summed E-state index contributed by atoms with van der Waals surface area (Å²) in [6, 6.07) is 15.0. The molecule has 25 heavy (non-hydrogen) atoms. The molecule has 0 aliphatic rings. The normalized spacial score (nSPS) is 13.1. The molecule has 136 valence electrons. The number of nitrogens with one attached hydrogen (secondary N) is 1. The predicted molar refractivity (Wildman–Crippen MR) is 106 cm³/mol. The molecule has 1 unspecified atom stereocenters. The number of aryl methyl sites for hydroxylation is 1. The summed E-state index contributed by atoms with van der Waals surface area (Å²) in [6.45, 7) is 4.50. The van der Waals surface area contributed by atoms with Gasteiger partial charge in [0.2, 0.25) is 0 Å². The molecule has 0 aliphatic carbocycles. The van der Waals surface area contributed by atoms with Crippen molar-refractivity contribution in [1.82, 2.24) is 19.7 Å². The van der Waals surface area contributed by atoms with Gasteiger partial charge in [-0.3, -0.25) is 4.99 Å². The van der Waals surface area contributed by atoms with Crippen molar-refractivity contribution in [3.63, 3.8) is 0 Å². The summed E-state index contributed by atoms with van der Waals surface area (Å²) in [5, 5.41) is 3.41. The first-order valence-corrected chi connectivity index (χ1v) is 8.84. The molecule has 1 N–H and O–H groups in total. The van der Waals surface area contributed by atoms with Crippen LogP contribution < -0.4 is 5.32 Å². The Hall–Kier alpha value is -2.27. The molecule has 0 fully saturated rings. The topological polar surface area (TPSA) is 35.8 Å². The Bertz CT molecular complexity index is 660. The summed E-state index contributed by atoms with van der Waals surface area (Å²) in [6.07, 6.45) is 2.07. The SMILES string of the molecule is CCNC(=NCC(c1ccccc1)N(C)C)N(C)Cc1cccn1C. The fourth-order valence-electron chi connectivity index (χ4n) is 2.86. The molecule has 5 heteroatoms. The fourth-order valence-corrected chi connectivity index (χ4v) is 2.86. The van der Waals surface area contributed by atoms with E-state index in [2.05, 4.69) is 103 Å². The smallest absolute Gasteiger partial charge is 0.194 e. The third-order valence-electron chi connectivity index (χ3n) is 4.37. The molecule has 1 aromatic carbocycles. The van der Waals surface area contributed by atoms with Crippen molar-refractivity contribution in [2.45, 2.75) is 19.5 Å². The Morgan fingerprint density at radius 3 is 2.40 bits per heavy atom. The Kier molecular flexibility index (Phi) is 7.07. The third kappa shape index (κ3) is 5.36. The van der Waals surface area contributed by atoms with Crippen molar-refractivity contribution in [3.05, 3.63) is 59.9 Å². The molecule has 0 saturated carbocycles. The standard InChI is InChI=1S/C20H31N5/c1-6-21-20(25(5)16-18-13-10-14-24(18)4)22-15-19(23(2)3)17-11-8-7-9-12-17/h7-14,19H,6,15-16H2,1-5H3,(H,21,22). The highest BCUT2D eigenvalue weighted by Crippen LogP contribution is 2.18. The molecule has 0 spiro atoms. The summed E-state index contributed by atoms with van der Waals surface area (Å²) in [7, 11) is 8.37. The van der Waals surface area contributed by atoms with E-state index in [4.69, 9.17) is 4.99 Å². The van der Waals surface area contributed by atoms with Crippen molar-refractivity contribution in [3.8, 4) is 0 Å². The minimum absolute atomic E-state index is 0.262. The van der Waals surface area contributed by atoms with Crippen LogP contribution in [-0.2, 0) is 13.6 Å². The van der Waals surface area contributed by atoms with E-state index in [1.807, 2.05) is 0 Å². The second kappa shape index (κ2) is 9.28. The van der Waals surface area contributed by atoms with E-state index in [0.717, 1.165) is 25.6 Å². The lowest BCUT2D eigenvalue weighted by molar-refractivity contribution is 0.305. The lowest BCUT2D eigenvalue weighted by Crippen LogP contribution is -2.39. The van der Waals surface area contributed by atoms with Gasteiger partial charge in [0, 0.05) is 32.5 Å². The van der Waals surface area contributed by atoms with E-state index >= 15 is 0 Å². The summed E-state index contributed by atoms with van der Waals surface area (Å²) >= 11 is 0. The minimum atomic E-state index is 0.262. The molecule has 0 bridgehead atoms. The minimum Gasteiger partial charge on any atom is -0.357 e. The number of aromatic nitrogens is 1. The molecule has 0 amide bonds. The van der Waals surface area contributed by atoms with Gasteiger partial charge in [-0.05, 0) is 38.7 Å². The molecule has 5 nitrogen and oxygen atoms in total. The van der Waals surface area contributed by atoms with Crippen LogP contribution in [0, 0.1) is 0 Å². The number of nitrogens with zero attached hydrogens (tertiary/aromatic N) is 4. The largest absolute Gasteiger partial charge is 0.357 e. The van der Waals surface area contributed by atoms with Gasteiger partial charge >= 0.3 is 0 Å². The number of hydrogen-bond acceptors (Lipinski definition) is 2. The quantitative estimate of drug-likeness (QED) is 0.621. The van der Waals surface area contributed by atoms with Gasteiger partial charge in [-0.25, -0.2) is 0 Å². The first-order valence-electron chi connectivity index (χ1n) is 8.84. The number of hydrogen-bond donors (Lipinski definition) is 1. The molecular weight excluding hydrogens is 310 g/mol. The van der Waals surface area contributed by atoms with Gasteiger partial charge in [0.05, 0.1) is 19.1 Å². The molecule has 2 aromatic rings. The van der Waals surface area contributed by atoms with Crippen LogP contribution in [-0.4, -0.2) is 54.6 Å². The zero-order valence-corrected chi connectivity index (χ0v) is 16.1. The van der Waals surface area contributed by atoms with Gasteiger partial charge in [0.1, 0.15) is 0 Å². The Labute approximate surface area is 152 Å². The molecule has 1 heterocycles. The van der Waals surface area contributed by atoms with Crippen LogP contribution in [0.15, 0.2) is 53.7 Å².